The lowest BCUT2D eigenvalue weighted by Crippen LogP contribution is -2.43. The molecule has 9 heteroatoms. The highest BCUT2D eigenvalue weighted by Crippen LogP contribution is 2.22. The second kappa shape index (κ2) is 9.69. The molecule has 1 aliphatic rings. The molecule has 0 saturated carbocycles. The SMILES string of the molecule is C=CC[C@@H](NC(=O)c1ccc(Cl)s1)C(=O)Nc1ccc(N2CCOCC2=O)cc1. The highest BCUT2D eigenvalue weighted by atomic mass is 35.5. The van der Waals surface area contributed by atoms with Crippen LogP contribution in [0.4, 0.5) is 11.4 Å². The lowest BCUT2D eigenvalue weighted by molar-refractivity contribution is -0.125. The predicted molar refractivity (Wildman–Crippen MR) is 114 cm³/mol. The molecule has 3 amide bonds. The molecule has 1 aliphatic heterocycles. The van der Waals surface area contributed by atoms with Gasteiger partial charge in [0, 0.05) is 17.9 Å². The number of amides is 3. The van der Waals surface area contributed by atoms with Gasteiger partial charge in [0.05, 0.1) is 15.8 Å². The van der Waals surface area contributed by atoms with Crippen LogP contribution in [0.25, 0.3) is 0 Å². The Morgan fingerprint density at radius 3 is 2.66 bits per heavy atom. The fraction of sp³-hybridized carbons (Fsp3) is 0.250. The number of anilines is 2. The molecular weight excluding hydrogens is 414 g/mol. The van der Waals surface area contributed by atoms with E-state index >= 15 is 0 Å². The topological polar surface area (TPSA) is 87.7 Å². The third-order valence-corrected chi connectivity index (χ3v) is 5.48. The van der Waals surface area contributed by atoms with E-state index in [-0.39, 0.29) is 30.7 Å². The third kappa shape index (κ3) is 5.44. The Balaban J connectivity index is 1.63. The van der Waals surface area contributed by atoms with Crippen molar-refractivity contribution < 1.29 is 19.1 Å². The zero-order valence-electron chi connectivity index (χ0n) is 15.5. The molecule has 3 rings (SSSR count). The van der Waals surface area contributed by atoms with Crippen LogP contribution in [0.1, 0.15) is 16.1 Å². The van der Waals surface area contributed by atoms with Crippen molar-refractivity contribution in [1.29, 1.82) is 0 Å². The van der Waals surface area contributed by atoms with Gasteiger partial charge in [-0.25, -0.2) is 0 Å². The first kappa shape index (κ1) is 21.0. The quantitative estimate of drug-likeness (QED) is 0.657. The normalized spacial score (nSPS) is 14.9. The largest absolute Gasteiger partial charge is 0.370 e. The van der Waals surface area contributed by atoms with Crippen molar-refractivity contribution >= 4 is 52.0 Å². The number of benzene rings is 1. The Kier molecular flexibility index (Phi) is 7.03. The smallest absolute Gasteiger partial charge is 0.262 e. The minimum atomic E-state index is -0.777. The fourth-order valence-electron chi connectivity index (χ4n) is 2.81. The molecule has 2 heterocycles. The van der Waals surface area contributed by atoms with E-state index < -0.39 is 6.04 Å². The van der Waals surface area contributed by atoms with Crippen LogP contribution < -0.4 is 15.5 Å². The zero-order chi connectivity index (χ0) is 20.8. The summed E-state index contributed by atoms with van der Waals surface area (Å²) in [6, 6.07) is 9.40. The van der Waals surface area contributed by atoms with Crippen LogP contribution in [0.5, 0.6) is 0 Å². The molecular formula is C20H20ClN3O4S. The van der Waals surface area contributed by atoms with Gasteiger partial charge in [0.2, 0.25) is 5.91 Å². The van der Waals surface area contributed by atoms with Gasteiger partial charge in [-0.3, -0.25) is 14.4 Å². The van der Waals surface area contributed by atoms with Crippen molar-refractivity contribution in [1.82, 2.24) is 5.32 Å². The van der Waals surface area contributed by atoms with Gasteiger partial charge in [0.25, 0.3) is 11.8 Å². The summed E-state index contributed by atoms with van der Waals surface area (Å²) in [6.45, 7) is 4.69. The van der Waals surface area contributed by atoms with Gasteiger partial charge in [-0.1, -0.05) is 17.7 Å². The molecule has 1 aromatic heterocycles. The molecule has 1 saturated heterocycles. The summed E-state index contributed by atoms with van der Waals surface area (Å²) in [5.74, 6) is -0.836. The standard InChI is InChI=1S/C20H20ClN3O4S/c1-2-3-15(23-20(27)16-8-9-17(21)29-16)19(26)22-13-4-6-14(7-5-13)24-10-11-28-12-18(24)25/h2,4-9,15H,1,3,10-12H2,(H,22,26)(H,23,27)/t15-/m1/s1. The van der Waals surface area contributed by atoms with E-state index in [0.717, 1.165) is 17.0 Å². The molecule has 2 aromatic rings. The first-order valence-electron chi connectivity index (χ1n) is 8.94. The Hall–Kier alpha value is -2.68. The van der Waals surface area contributed by atoms with Crippen molar-refractivity contribution in [2.24, 2.45) is 0 Å². The number of halogens is 1. The van der Waals surface area contributed by atoms with Gasteiger partial charge in [0.1, 0.15) is 12.6 Å². The lowest BCUT2D eigenvalue weighted by Gasteiger charge is -2.27. The number of hydrogen-bond acceptors (Lipinski definition) is 5. The van der Waals surface area contributed by atoms with E-state index in [1.54, 1.807) is 47.4 Å². The molecule has 0 unspecified atom stereocenters. The van der Waals surface area contributed by atoms with Crippen LogP contribution in [0.3, 0.4) is 0 Å². The molecule has 1 atom stereocenters. The van der Waals surface area contributed by atoms with E-state index in [4.69, 9.17) is 16.3 Å². The Morgan fingerprint density at radius 2 is 2.03 bits per heavy atom. The van der Waals surface area contributed by atoms with Crippen LogP contribution in [0, 0.1) is 0 Å². The molecule has 1 fully saturated rings. The lowest BCUT2D eigenvalue weighted by atomic mass is 10.1. The van der Waals surface area contributed by atoms with Gasteiger partial charge in [-0.2, -0.15) is 0 Å². The molecule has 1 aromatic carbocycles. The molecule has 2 N–H and O–H groups in total. The number of rotatable bonds is 7. The molecule has 0 bridgehead atoms. The number of carbonyl (C=O) groups excluding carboxylic acids is 3. The number of morpholine rings is 1. The maximum Gasteiger partial charge on any atom is 0.262 e. The van der Waals surface area contributed by atoms with Crippen LogP contribution in [0.2, 0.25) is 4.34 Å². The van der Waals surface area contributed by atoms with Gasteiger partial charge >= 0.3 is 0 Å². The maximum atomic E-state index is 12.6. The van der Waals surface area contributed by atoms with Crippen molar-refractivity contribution in [2.75, 3.05) is 30.0 Å². The van der Waals surface area contributed by atoms with E-state index in [1.807, 2.05) is 0 Å². The number of nitrogens with one attached hydrogen (secondary N) is 2. The first-order valence-corrected chi connectivity index (χ1v) is 10.1. The van der Waals surface area contributed by atoms with Crippen LogP contribution in [0.15, 0.2) is 49.1 Å². The Labute approximate surface area is 177 Å². The maximum absolute atomic E-state index is 12.6. The van der Waals surface area contributed by atoms with Gasteiger partial charge in [0.15, 0.2) is 0 Å². The number of carbonyl (C=O) groups is 3. The van der Waals surface area contributed by atoms with E-state index in [2.05, 4.69) is 17.2 Å². The molecule has 29 heavy (non-hydrogen) atoms. The average molecular weight is 434 g/mol. The van der Waals surface area contributed by atoms with Gasteiger partial charge < -0.3 is 20.3 Å². The number of nitrogens with zero attached hydrogens (tertiary/aromatic N) is 1. The summed E-state index contributed by atoms with van der Waals surface area (Å²) in [5.41, 5.74) is 1.30. The van der Waals surface area contributed by atoms with Crippen molar-refractivity contribution in [2.45, 2.75) is 12.5 Å². The monoisotopic (exact) mass is 433 g/mol. The molecule has 0 aliphatic carbocycles. The van der Waals surface area contributed by atoms with Crippen molar-refractivity contribution in [3.8, 4) is 0 Å². The predicted octanol–water partition coefficient (Wildman–Crippen LogP) is 3.08. The summed E-state index contributed by atoms with van der Waals surface area (Å²) in [7, 11) is 0. The Bertz CT molecular complexity index is 913. The van der Waals surface area contributed by atoms with Crippen molar-refractivity contribution in [3.63, 3.8) is 0 Å². The summed E-state index contributed by atoms with van der Waals surface area (Å²) in [6.07, 6.45) is 1.84. The van der Waals surface area contributed by atoms with E-state index in [9.17, 15) is 14.4 Å². The molecule has 0 radical (unpaired) electrons. The van der Waals surface area contributed by atoms with Crippen LogP contribution in [-0.4, -0.2) is 43.5 Å². The summed E-state index contributed by atoms with van der Waals surface area (Å²) in [4.78, 5) is 38.9. The summed E-state index contributed by atoms with van der Waals surface area (Å²) >= 11 is 7.00. The van der Waals surface area contributed by atoms with Crippen molar-refractivity contribution in [3.05, 3.63) is 58.3 Å². The second-order valence-corrected chi connectivity index (χ2v) is 8.00. The van der Waals surface area contributed by atoms with E-state index in [0.29, 0.717) is 28.1 Å². The minimum Gasteiger partial charge on any atom is -0.370 e. The number of ether oxygens (including phenoxy) is 1. The minimum absolute atomic E-state index is 0.0663. The zero-order valence-corrected chi connectivity index (χ0v) is 17.1. The van der Waals surface area contributed by atoms with E-state index in [1.165, 1.54) is 0 Å². The number of hydrogen-bond donors (Lipinski definition) is 2. The summed E-state index contributed by atoms with van der Waals surface area (Å²) in [5, 5.41) is 5.48. The first-order chi connectivity index (χ1) is 14.0. The van der Waals surface area contributed by atoms with Crippen LogP contribution >= 0.6 is 22.9 Å². The average Bonchev–Trinajstić information content (AvgIpc) is 3.15. The van der Waals surface area contributed by atoms with Crippen LogP contribution in [-0.2, 0) is 14.3 Å². The fourth-order valence-corrected chi connectivity index (χ4v) is 3.76. The molecule has 0 spiro atoms. The Morgan fingerprint density at radius 1 is 1.28 bits per heavy atom. The highest BCUT2D eigenvalue weighted by molar-refractivity contribution is 7.18. The third-order valence-electron chi connectivity index (χ3n) is 4.25. The second-order valence-electron chi connectivity index (χ2n) is 6.29. The number of thiophene rings is 1. The van der Waals surface area contributed by atoms with Gasteiger partial charge in [-0.15, -0.1) is 17.9 Å². The molecule has 152 valence electrons. The molecule has 7 nitrogen and oxygen atoms in total. The summed E-state index contributed by atoms with van der Waals surface area (Å²) < 4.78 is 5.63. The van der Waals surface area contributed by atoms with Gasteiger partial charge in [-0.05, 0) is 42.8 Å². The highest BCUT2D eigenvalue weighted by Gasteiger charge is 2.22.